The Balaban J connectivity index is 1.82. The number of nitrogens with two attached hydrogens (primary N) is 1. The van der Waals surface area contributed by atoms with Crippen LogP contribution >= 0.6 is 11.6 Å². The first-order valence-electron chi connectivity index (χ1n) is 11.2. The molecule has 0 aliphatic rings. The molecule has 1 heterocycles. The van der Waals surface area contributed by atoms with Crippen LogP contribution in [0.15, 0.2) is 48.5 Å². The molecule has 0 saturated heterocycles. The second-order valence-corrected chi connectivity index (χ2v) is 9.04. The fraction of sp³-hybridized carbons (Fsp3) is 0.375. The second-order valence-electron chi connectivity index (χ2n) is 8.63. The molecule has 0 unspecified atom stereocenters. The molecule has 0 bridgehead atoms. The highest BCUT2D eigenvalue weighted by Crippen LogP contribution is 2.26. The van der Waals surface area contributed by atoms with Gasteiger partial charge in [-0.2, -0.15) is 5.26 Å². The molecule has 0 radical (unpaired) electrons. The smallest absolute Gasteiger partial charge is 0.240 e. The van der Waals surface area contributed by atoms with Crippen molar-refractivity contribution in [2.24, 2.45) is 5.73 Å². The topological polar surface area (TPSA) is 161 Å². The number of nitrogens with zero attached hydrogens (tertiary/aromatic N) is 5. The first kappa shape index (κ1) is 26.9. The molecule has 3 aromatic rings. The third-order valence-electron chi connectivity index (χ3n) is 5.19. The van der Waals surface area contributed by atoms with Crippen molar-refractivity contribution < 1.29 is 19.4 Å². The molecule has 1 amide bonds. The van der Waals surface area contributed by atoms with E-state index in [1.165, 1.54) is 10.7 Å². The number of hydrogen-bond donors (Lipinski definition) is 3. The summed E-state index contributed by atoms with van der Waals surface area (Å²) >= 11 is 6.22. The quantitative estimate of drug-likeness (QED) is 0.330. The highest BCUT2D eigenvalue weighted by molar-refractivity contribution is 6.31. The van der Waals surface area contributed by atoms with Crippen molar-refractivity contribution in [3.05, 3.63) is 64.9 Å². The van der Waals surface area contributed by atoms with Gasteiger partial charge in [0.2, 0.25) is 5.91 Å². The molecule has 0 aliphatic carbocycles. The maximum Gasteiger partial charge on any atom is 0.240 e. The highest BCUT2D eigenvalue weighted by Gasteiger charge is 2.30. The van der Waals surface area contributed by atoms with E-state index in [-0.39, 0.29) is 43.6 Å². The molecule has 36 heavy (non-hydrogen) atoms. The number of phenols is 1. The minimum absolute atomic E-state index is 0.00696. The number of para-hydroxylation sites is 2. The summed E-state index contributed by atoms with van der Waals surface area (Å²) in [6, 6.07) is 14.4. The van der Waals surface area contributed by atoms with E-state index in [4.69, 9.17) is 26.8 Å². The molecule has 1 aromatic heterocycles. The van der Waals surface area contributed by atoms with Crippen LogP contribution in [0.2, 0.25) is 5.02 Å². The average molecular weight is 514 g/mol. The molecule has 4 N–H and O–H groups in total. The number of carbonyl (C=O) groups excluding carboxylic acids is 1. The van der Waals surface area contributed by atoms with Crippen molar-refractivity contribution in [3.8, 4) is 17.6 Å². The van der Waals surface area contributed by atoms with Gasteiger partial charge >= 0.3 is 0 Å². The summed E-state index contributed by atoms with van der Waals surface area (Å²) in [4.78, 5) is 12.7. The van der Waals surface area contributed by atoms with Crippen LogP contribution in [0, 0.1) is 11.3 Å². The molecule has 0 spiro atoms. The van der Waals surface area contributed by atoms with E-state index in [1.807, 2.05) is 18.2 Å². The maximum absolute atomic E-state index is 12.7. The summed E-state index contributed by atoms with van der Waals surface area (Å²) < 4.78 is 13.0. The lowest BCUT2D eigenvalue weighted by Crippen LogP contribution is -2.51. The lowest BCUT2D eigenvalue weighted by Gasteiger charge is -2.25. The standard InChI is InChI=1S/C24H28ClN7O4/c1-24(2,27)23(34)28-19(15-35-13-16-7-3-4-8-18(16)25)22-29-30-31-32(22)17(11-12-26)14-36-21-10-6-5-9-20(21)33/h3-10,17,19,33H,11,13-15,27H2,1-2H3,(H,28,34)/t17-,19-/m1/s1. The first-order chi connectivity index (χ1) is 17.2. The zero-order valence-corrected chi connectivity index (χ0v) is 20.7. The van der Waals surface area contributed by atoms with E-state index in [1.54, 1.807) is 38.1 Å². The Hall–Kier alpha value is -3.72. The third kappa shape index (κ3) is 7.14. The van der Waals surface area contributed by atoms with E-state index in [0.717, 1.165) is 5.56 Å². The van der Waals surface area contributed by atoms with Crippen LogP contribution in [0.3, 0.4) is 0 Å². The molecule has 0 saturated carbocycles. The van der Waals surface area contributed by atoms with Gasteiger partial charge in [-0.25, -0.2) is 4.68 Å². The lowest BCUT2D eigenvalue weighted by atomic mass is 10.1. The van der Waals surface area contributed by atoms with Gasteiger partial charge in [-0.05, 0) is 48.0 Å². The van der Waals surface area contributed by atoms with Crippen LogP contribution in [-0.4, -0.2) is 50.0 Å². The molecular weight excluding hydrogens is 486 g/mol. The monoisotopic (exact) mass is 513 g/mol. The second kappa shape index (κ2) is 12.3. The summed E-state index contributed by atoms with van der Waals surface area (Å²) in [7, 11) is 0. The van der Waals surface area contributed by atoms with Crippen LogP contribution in [0.1, 0.15) is 43.7 Å². The first-order valence-corrected chi connectivity index (χ1v) is 11.5. The van der Waals surface area contributed by atoms with Crippen molar-refractivity contribution in [2.45, 2.75) is 44.5 Å². The van der Waals surface area contributed by atoms with Crippen LogP contribution < -0.4 is 15.8 Å². The molecule has 0 fully saturated rings. The number of rotatable bonds is 12. The summed E-state index contributed by atoms with van der Waals surface area (Å²) in [5.74, 6) is 0.0416. The van der Waals surface area contributed by atoms with Gasteiger partial charge in [0.15, 0.2) is 17.3 Å². The minimum Gasteiger partial charge on any atom is -0.504 e. The SMILES string of the molecule is CC(C)(N)C(=O)N[C@H](COCc1ccccc1Cl)c1nnnn1[C@H](CC#N)COc1ccccc1O. The summed E-state index contributed by atoms with van der Waals surface area (Å²) in [5, 5.41) is 34.7. The fourth-order valence-electron chi connectivity index (χ4n) is 3.20. The number of benzene rings is 2. The van der Waals surface area contributed by atoms with Crippen molar-refractivity contribution >= 4 is 17.5 Å². The van der Waals surface area contributed by atoms with E-state index >= 15 is 0 Å². The molecule has 2 atom stereocenters. The van der Waals surface area contributed by atoms with Gasteiger partial charge in [-0.1, -0.05) is 41.9 Å². The number of nitrogens with one attached hydrogen (secondary N) is 1. The number of tetrazole rings is 1. The van der Waals surface area contributed by atoms with E-state index in [0.29, 0.717) is 5.02 Å². The third-order valence-corrected chi connectivity index (χ3v) is 5.56. The molecule has 2 aromatic carbocycles. The van der Waals surface area contributed by atoms with Crippen molar-refractivity contribution in [1.82, 2.24) is 25.5 Å². The van der Waals surface area contributed by atoms with Crippen LogP contribution in [0.4, 0.5) is 0 Å². The van der Waals surface area contributed by atoms with Gasteiger partial charge in [0.05, 0.1) is 31.2 Å². The summed E-state index contributed by atoms with van der Waals surface area (Å²) in [6.45, 7) is 3.34. The molecule has 12 heteroatoms. The summed E-state index contributed by atoms with van der Waals surface area (Å²) in [5.41, 5.74) is 5.59. The van der Waals surface area contributed by atoms with Gasteiger partial charge < -0.3 is 25.6 Å². The Bertz CT molecular complexity index is 1210. The zero-order chi connectivity index (χ0) is 26.1. The number of aromatic hydroxyl groups is 1. The Morgan fingerprint density at radius 2 is 1.97 bits per heavy atom. The zero-order valence-electron chi connectivity index (χ0n) is 20.0. The van der Waals surface area contributed by atoms with Gasteiger partial charge in [0.1, 0.15) is 18.7 Å². The molecule has 190 valence electrons. The summed E-state index contributed by atoms with van der Waals surface area (Å²) in [6.07, 6.45) is 0.00909. The Morgan fingerprint density at radius 1 is 1.25 bits per heavy atom. The maximum atomic E-state index is 12.7. The van der Waals surface area contributed by atoms with Crippen molar-refractivity contribution in [3.63, 3.8) is 0 Å². The number of halogens is 1. The molecule has 3 rings (SSSR count). The Morgan fingerprint density at radius 3 is 2.67 bits per heavy atom. The van der Waals surface area contributed by atoms with Gasteiger partial charge in [0.25, 0.3) is 0 Å². The van der Waals surface area contributed by atoms with Gasteiger partial charge in [-0.3, -0.25) is 4.79 Å². The van der Waals surface area contributed by atoms with Crippen LogP contribution in [-0.2, 0) is 16.1 Å². The normalized spacial score (nSPS) is 13.0. The largest absolute Gasteiger partial charge is 0.504 e. The predicted octanol–water partition coefficient (Wildman–Crippen LogP) is 2.68. The Kier molecular flexibility index (Phi) is 9.19. The van der Waals surface area contributed by atoms with Crippen molar-refractivity contribution in [1.29, 1.82) is 5.26 Å². The van der Waals surface area contributed by atoms with Gasteiger partial charge in [-0.15, -0.1) is 5.10 Å². The number of nitriles is 1. The number of hydrogen-bond acceptors (Lipinski definition) is 9. The highest BCUT2D eigenvalue weighted by atomic mass is 35.5. The van der Waals surface area contributed by atoms with Crippen LogP contribution in [0.5, 0.6) is 11.5 Å². The van der Waals surface area contributed by atoms with E-state index in [9.17, 15) is 15.2 Å². The van der Waals surface area contributed by atoms with E-state index < -0.39 is 23.5 Å². The minimum atomic E-state index is -1.17. The van der Waals surface area contributed by atoms with Crippen LogP contribution in [0.25, 0.3) is 0 Å². The Labute approximate surface area is 213 Å². The van der Waals surface area contributed by atoms with Crippen molar-refractivity contribution in [2.75, 3.05) is 13.2 Å². The number of phenolic OH excluding ortho intramolecular Hbond substituents is 1. The molecule has 11 nitrogen and oxygen atoms in total. The number of ether oxygens (including phenoxy) is 2. The number of aromatic nitrogens is 4. The lowest BCUT2D eigenvalue weighted by molar-refractivity contribution is -0.126. The number of amides is 1. The molecular formula is C24H28ClN7O4. The van der Waals surface area contributed by atoms with E-state index in [2.05, 4.69) is 26.9 Å². The molecule has 0 aliphatic heterocycles. The fourth-order valence-corrected chi connectivity index (χ4v) is 3.39. The predicted molar refractivity (Wildman–Crippen MR) is 131 cm³/mol. The van der Waals surface area contributed by atoms with Gasteiger partial charge in [0, 0.05) is 5.02 Å². The number of carbonyl (C=O) groups is 1. The average Bonchev–Trinajstić information content (AvgIpc) is 3.32.